The van der Waals surface area contributed by atoms with Crippen LogP contribution in [0, 0.1) is 0 Å². The van der Waals surface area contributed by atoms with Crippen LogP contribution in [0.25, 0.3) is 0 Å². The van der Waals surface area contributed by atoms with Crippen LogP contribution in [0.5, 0.6) is 0 Å². The Morgan fingerprint density at radius 1 is 0.510 bits per heavy atom. The van der Waals surface area contributed by atoms with Crippen molar-refractivity contribution in [2.75, 3.05) is 0 Å². The second-order valence-corrected chi connectivity index (χ2v) is 20.2. The smallest absolute Gasteiger partial charge is 0.425 e. The van der Waals surface area contributed by atoms with E-state index in [2.05, 4.69) is 97.1 Å². The highest BCUT2D eigenvalue weighted by atomic mass is 28.4. The highest BCUT2D eigenvalue weighted by Crippen LogP contribution is 2.37. The van der Waals surface area contributed by atoms with E-state index >= 15 is 0 Å². The molecular weight excluding hydrogens is 621 g/mol. The molecule has 0 aliphatic carbocycles. The Bertz CT molecular complexity index is 920. The average molecular weight is 699 g/mol. The number of hydrogen-bond donors (Lipinski definition) is 0. The normalized spacial score (nSPS) is 12.9. The molecule has 0 aromatic heterocycles. The van der Waals surface area contributed by atoms with Crippen molar-refractivity contribution < 1.29 is 18.6 Å². The van der Waals surface area contributed by atoms with Gasteiger partial charge in [-0.1, -0.05) is 150 Å². The summed E-state index contributed by atoms with van der Waals surface area (Å²) in [4.78, 5) is 0. The van der Waals surface area contributed by atoms with Crippen molar-refractivity contribution in [3.05, 3.63) is 72.4 Å². The highest BCUT2D eigenvalue weighted by Gasteiger charge is 2.39. The molecule has 0 amide bonds. The molecule has 0 radical (unpaired) electrons. The largest absolute Gasteiger partial charge is 0.445 e. The lowest BCUT2D eigenvalue weighted by Crippen LogP contribution is -2.40. The quantitative estimate of drug-likeness (QED) is 0.0335. The van der Waals surface area contributed by atoms with Gasteiger partial charge in [-0.25, -0.2) is 0 Å². The maximum Gasteiger partial charge on any atom is 0.445 e. The number of unbranched alkanes of at least 4 members (excludes halogenated alkanes) is 18. The van der Waals surface area contributed by atoms with Gasteiger partial charge < -0.3 is 18.6 Å². The molecule has 1 aromatic carbocycles. The van der Waals surface area contributed by atoms with Crippen LogP contribution in [-0.2, 0) is 31.2 Å². The van der Waals surface area contributed by atoms with E-state index in [-0.39, 0.29) is 5.04 Å². The van der Waals surface area contributed by atoms with Crippen LogP contribution in [-0.4, -0.2) is 8.32 Å². The van der Waals surface area contributed by atoms with E-state index < -0.39 is 14.3 Å². The lowest BCUT2D eigenvalue weighted by atomic mass is 10.1. The van der Waals surface area contributed by atoms with Gasteiger partial charge in [-0.2, -0.15) is 0 Å². The Morgan fingerprint density at radius 2 is 0.857 bits per heavy atom. The zero-order chi connectivity index (χ0) is 36.1. The van der Waals surface area contributed by atoms with Gasteiger partial charge >= 0.3 is 5.97 Å². The molecule has 1 aromatic rings. The van der Waals surface area contributed by atoms with Gasteiger partial charge in [0.2, 0.25) is 0 Å². The minimum absolute atomic E-state index is 0.170. The van der Waals surface area contributed by atoms with E-state index in [9.17, 15) is 0 Å². The van der Waals surface area contributed by atoms with Gasteiger partial charge in [-0.15, -0.1) is 0 Å². The first-order valence-electron chi connectivity index (χ1n) is 20.3. The minimum Gasteiger partial charge on any atom is -0.425 e. The van der Waals surface area contributed by atoms with E-state index in [1.165, 1.54) is 96.3 Å². The third kappa shape index (κ3) is 21.1. The maximum atomic E-state index is 6.52. The van der Waals surface area contributed by atoms with Crippen molar-refractivity contribution in [2.24, 2.45) is 0 Å². The van der Waals surface area contributed by atoms with Crippen LogP contribution in [0.15, 0.2) is 61.3 Å². The molecule has 0 saturated carbocycles. The molecule has 1 rings (SSSR count). The average Bonchev–Trinajstić information content (AvgIpc) is 3.08. The second-order valence-electron chi connectivity index (χ2n) is 15.4. The first kappa shape index (κ1) is 45.0. The summed E-state index contributed by atoms with van der Waals surface area (Å²) < 4.78 is 25.9. The Morgan fingerprint density at radius 3 is 1.20 bits per heavy atom. The number of ether oxygens (including phenoxy) is 3. The fourth-order valence-electron chi connectivity index (χ4n) is 5.32. The third-order valence-corrected chi connectivity index (χ3v) is 14.3. The van der Waals surface area contributed by atoms with E-state index in [1.54, 1.807) is 18.8 Å². The van der Waals surface area contributed by atoms with E-state index in [0.717, 1.165) is 49.7 Å². The standard InChI is InChI=1S/C44H78O4Si/c1-9-12-15-18-21-24-27-30-37-45-44(46-38-31-28-25-22-19-16-13-10-2,47-39-32-29-26-23-20-17-14-11-3)42-35-33-41(34-36-42)40-48-49(7,8)43(4,5)6/h30-39H,9-29,40H2,1-8H3/b37-30+,38-31+,39-32+. The summed E-state index contributed by atoms with van der Waals surface area (Å²) in [7, 11) is -1.86. The van der Waals surface area contributed by atoms with Gasteiger partial charge in [-0.05, 0) is 92.6 Å². The van der Waals surface area contributed by atoms with E-state index in [1.807, 2.05) is 0 Å². The summed E-state index contributed by atoms with van der Waals surface area (Å²) in [5, 5.41) is 0.170. The molecule has 0 aliphatic rings. The summed E-state index contributed by atoms with van der Waals surface area (Å²) in [5.41, 5.74) is 1.96. The van der Waals surface area contributed by atoms with Crippen LogP contribution in [0.1, 0.15) is 188 Å². The van der Waals surface area contributed by atoms with Crippen molar-refractivity contribution in [2.45, 2.75) is 207 Å². The number of allylic oxidation sites excluding steroid dienone is 3. The molecule has 0 fully saturated rings. The monoisotopic (exact) mass is 699 g/mol. The molecule has 0 N–H and O–H groups in total. The van der Waals surface area contributed by atoms with Crippen molar-refractivity contribution in [1.29, 1.82) is 0 Å². The minimum atomic E-state index is -1.86. The van der Waals surface area contributed by atoms with Gasteiger partial charge in [0.25, 0.3) is 0 Å². The molecule has 0 bridgehead atoms. The molecule has 49 heavy (non-hydrogen) atoms. The number of rotatable bonds is 31. The topological polar surface area (TPSA) is 36.9 Å². The first-order valence-corrected chi connectivity index (χ1v) is 23.2. The molecule has 0 atom stereocenters. The summed E-state index contributed by atoms with van der Waals surface area (Å²) in [6.45, 7) is 18.8. The molecule has 0 saturated heterocycles. The van der Waals surface area contributed by atoms with Crippen LogP contribution < -0.4 is 0 Å². The van der Waals surface area contributed by atoms with Crippen LogP contribution >= 0.6 is 0 Å². The summed E-state index contributed by atoms with van der Waals surface area (Å²) in [5.74, 6) is -1.41. The lowest BCUT2D eigenvalue weighted by Gasteiger charge is -2.36. The predicted molar refractivity (Wildman–Crippen MR) is 215 cm³/mol. The molecular formula is C44H78O4Si. The molecule has 282 valence electrons. The number of benzene rings is 1. The van der Waals surface area contributed by atoms with E-state index in [0.29, 0.717) is 6.61 Å². The Hall–Kier alpha value is -1.98. The van der Waals surface area contributed by atoms with Crippen LogP contribution in [0.4, 0.5) is 0 Å². The fourth-order valence-corrected chi connectivity index (χ4v) is 6.28. The molecule has 5 heteroatoms. The van der Waals surface area contributed by atoms with Crippen molar-refractivity contribution in [3.63, 3.8) is 0 Å². The van der Waals surface area contributed by atoms with E-state index in [4.69, 9.17) is 18.6 Å². The van der Waals surface area contributed by atoms with Gasteiger partial charge in [0.1, 0.15) is 0 Å². The van der Waals surface area contributed by atoms with Crippen LogP contribution in [0.3, 0.4) is 0 Å². The molecule has 0 unspecified atom stereocenters. The summed E-state index contributed by atoms with van der Waals surface area (Å²) in [6.07, 6.45) is 37.6. The predicted octanol–water partition coefficient (Wildman–Crippen LogP) is 15.2. The third-order valence-electron chi connectivity index (χ3n) is 9.84. The zero-order valence-corrected chi connectivity index (χ0v) is 34.5. The first-order chi connectivity index (χ1) is 23.6. The van der Waals surface area contributed by atoms with Crippen molar-refractivity contribution in [3.8, 4) is 0 Å². The summed E-state index contributed by atoms with van der Waals surface area (Å²) in [6, 6.07) is 8.37. The van der Waals surface area contributed by atoms with Gasteiger partial charge in [-0.3, -0.25) is 0 Å². The zero-order valence-electron chi connectivity index (χ0n) is 33.5. The second kappa shape index (κ2) is 27.7. The lowest BCUT2D eigenvalue weighted by molar-refractivity contribution is -0.330. The Labute approximate surface area is 305 Å². The molecule has 0 aliphatic heterocycles. The van der Waals surface area contributed by atoms with Crippen molar-refractivity contribution in [1.82, 2.24) is 0 Å². The number of hydrogen-bond acceptors (Lipinski definition) is 4. The Balaban J connectivity index is 3.12. The summed E-state index contributed by atoms with van der Waals surface area (Å²) >= 11 is 0. The van der Waals surface area contributed by atoms with Crippen molar-refractivity contribution >= 4 is 8.32 Å². The van der Waals surface area contributed by atoms with Gasteiger partial charge in [0, 0.05) is 0 Å². The molecule has 0 heterocycles. The SMILES string of the molecule is CCCCCCCC/C=C/OC(O/C=C/CCCCCCCC)(O/C=C/CCCCCCCC)c1ccc(CO[Si](C)(C)C(C)(C)C)cc1. The molecule has 0 spiro atoms. The van der Waals surface area contributed by atoms with Gasteiger partial charge in [0.05, 0.1) is 31.0 Å². The van der Waals surface area contributed by atoms with Crippen LogP contribution in [0.2, 0.25) is 18.1 Å². The fraction of sp³-hybridized carbons (Fsp3) is 0.727. The van der Waals surface area contributed by atoms with Gasteiger partial charge in [0.15, 0.2) is 8.32 Å². The molecule has 4 nitrogen and oxygen atoms in total. The Kier molecular flexibility index (Phi) is 25.5. The maximum absolute atomic E-state index is 6.52. The highest BCUT2D eigenvalue weighted by molar-refractivity contribution is 6.74.